The van der Waals surface area contributed by atoms with Gasteiger partial charge in [0.2, 0.25) is 0 Å². The lowest BCUT2D eigenvalue weighted by Crippen LogP contribution is -2.18. The zero-order valence-electron chi connectivity index (χ0n) is 12.6. The molecule has 0 aliphatic rings. The Labute approximate surface area is 116 Å². The first-order valence-electron chi connectivity index (χ1n) is 7.40. The Morgan fingerprint density at radius 1 is 0.895 bits per heavy atom. The molecule has 0 aliphatic heterocycles. The summed E-state index contributed by atoms with van der Waals surface area (Å²) in [4.78, 5) is 22.6. The molecule has 0 spiro atoms. The summed E-state index contributed by atoms with van der Waals surface area (Å²) in [6, 6.07) is 0. The Hall–Kier alpha value is -1.06. The largest absolute Gasteiger partial charge is 0.469 e. The van der Waals surface area contributed by atoms with Crippen molar-refractivity contribution < 1.29 is 19.1 Å². The van der Waals surface area contributed by atoms with Crippen molar-refractivity contribution >= 4 is 11.9 Å². The van der Waals surface area contributed by atoms with Crippen LogP contribution in [0.15, 0.2) is 0 Å². The first-order valence-corrected chi connectivity index (χ1v) is 7.40. The van der Waals surface area contributed by atoms with Gasteiger partial charge >= 0.3 is 11.9 Å². The Bertz CT molecular complexity index is 251. The van der Waals surface area contributed by atoms with Crippen molar-refractivity contribution in [3.8, 4) is 0 Å². The molecule has 0 amide bonds. The van der Waals surface area contributed by atoms with Gasteiger partial charge in [-0.25, -0.2) is 0 Å². The summed E-state index contributed by atoms with van der Waals surface area (Å²) in [5, 5.41) is 0. The molecule has 0 fully saturated rings. The number of ether oxygens (including phenoxy) is 2. The number of hydrogen-bond donors (Lipinski definition) is 0. The summed E-state index contributed by atoms with van der Waals surface area (Å²) in [6.45, 7) is 4.11. The summed E-state index contributed by atoms with van der Waals surface area (Å²) in [5.41, 5.74) is 0. The van der Waals surface area contributed by atoms with Crippen LogP contribution in [0.5, 0.6) is 0 Å². The van der Waals surface area contributed by atoms with E-state index in [-0.39, 0.29) is 18.0 Å². The van der Waals surface area contributed by atoms with Crippen molar-refractivity contribution in [1.82, 2.24) is 0 Å². The number of hydrogen-bond acceptors (Lipinski definition) is 4. The van der Waals surface area contributed by atoms with E-state index in [1.54, 1.807) is 0 Å². The first kappa shape index (κ1) is 17.9. The second-order valence-corrected chi connectivity index (χ2v) is 4.83. The van der Waals surface area contributed by atoms with E-state index in [1.807, 2.05) is 6.92 Å². The predicted octanol–water partition coefficient (Wildman–Crippen LogP) is 3.62. The maximum atomic E-state index is 11.5. The van der Waals surface area contributed by atoms with Crippen LogP contribution in [0, 0.1) is 0 Å². The Balaban J connectivity index is 4.01. The summed E-state index contributed by atoms with van der Waals surface area (Å²) in [7, 11) is 1.39. The van der Waals surface area contributed by atoms with Crippen LogP contribution in [-0.2, 0) is 19.1 Å². The zero-order valence-corrected chi connectivity index (χ0v) is 12.6. The molecule has 0 heterocycles. The molecule has 0 aromatic carbocycles. The van der Waals surface area contributed by atoms with Gasteiger partial charge in [0.1, 0.15) is 6.10 Å². The van der Waals surface area contributed by atoms with Gasteiger partial charge in [-0.2, -0.15) is 0 Å². The fourth-order valence-corrected chi connectivity index (χ4v) is 1.91. The van der Waals surface area contributed by atoms with Gasteiger partial charge < -0.3 is 9.47 Å². The minimum absolute atomic E-state index is 0.0461. The molecular weight excluding hydrogens is 244 g/mol. The number of rotatable bonds is 11. The first-order chi connectivity index (χ1) is 9.13. The van der Waals surface area contributed by atoms with E-state index in [0.717, 1.165) is 38.5 Å². The predicted molar refractivity (Wildman–Crippen MR) is 74.8 cm³/mol. The Kier molecular flexibility index (Phi) is 11.3. The second-order valence-electron chi connectivity index (χ2n) is 4.83. The molecule has 0 rings (SSSR count). The zero-order chi connectivity index (χ0) is 14.5. The summed E-state index contributed by atoms with van der Waals surface area (Å²) in [5.74, 6) is -0.325. The molecule has 0 saturated heterocycles. The minimum Gasteiger partial charge on any atom is -0.469 e. The van der Waals surface area contributed by atoms with Gasteiger partial charge in [-0.05, 0) is 32.1 Å². The molecule has 4 heteroatoms. The van der Waals surface area contributed by atoms with E-state index in [4.69, 9.17) is 4.74 Å². The average Bonchev–Trinajstić information content (AvgIpc) is 2.38. The third kappa shape index (κ3) is 10.5. The topological polar surface area (TPSA) is 52.6 Å². The Morgan fingerprint density at radius 2 is 1.58 bits per heavy atom. The number of methoxy groups -OCH3 is 1. The van der Waals surface area contributed by atoms with Crippen LogP contribution in [0.25, 0.3) is 0 Å². The quantitative estimate of drug-likeness (QED) is 0.426. The molecule has 0 bridgehead atoms. The van der Waals surface area contributed by atoms with Crippen molar-refractivity contribution in [2.24, 2.45) is 0 Å². The molecule has 1 unspecified atom stereocenters. The lowest BCUT2D eigenvalue weighted by molar-refractivity contribution is -0.150. The van der Waals surface area contributed by atoms with E-state index in [1.165, 1.54) is 7.11 Å². The van der Waals surface area contributed by atoms with Crippen LogP contribution in [0.2, 0.25) is 0 Å². The average molecular weight is 272 g/mol. The highest BCUT2D eigenvalue weighted by molar-refractivity contribution is 5.69. The molecule has 0 radical (unpaired) electrons. The third-order valence-corrected chi connectivity index (χ3v) is 3.02. The van der Waals surface area contributed by atoms with E-state index in [2.05, 4.69) is 11.7 Å². The number of carbonyl (C=O) groups excluding carboxylic acids is 2. The van der Waals surface area contributed by atoms with Crippen LogP contribution < -0.4 is 0 Å². The fraction of sp³-hybridized carbons (Fsp3) is 0.867. The molecule has 0 saturated carbocycles. The van der Waals surface area contributed by atoms with Crippen LogP contribution in [0.4, 0.5) is 0 Å². The van der Waals surface area contributed by atoms with Gasteiger partial charge in [-0.3, -0.25) is 9.59 Å². The summed E-state index contributed by atoms with van der Waals surface area (Å²) in [6.07, 6.45) is 7.35. The van der Waals surface area contributed by atoms with Gasteiger partial charge in [-0.1, -0.05) is 26.7 Å². The van der Waals surface area contributed by atoms with Crippen molar-refractivity contribution in [2.45, 2.75) is 77.7 Å². The van der Waals surface area contributed by atoms with E-state index >= 15 is 0 Å². The molecular formula is C15H28O4. The number of carbonyl (C=O) groups is 2. The molecule has 1 atom stereocenters. The molecule has 0 aromatic rings. The highest BCUT2D eigenvalue weighted by Crippen LogP contribution is 2.15. The number of esters is 2. The number of unbranched alkanes of at least 4 members (excludes halogenated alkanes) is 2. The molecule has 4 nitrogen and oxygen atoms in total. The summed E-state index contributed by atoms with van der Waals surface area (Å²) < 4.78 is 10.1. The van der Waals surface area contributed by atoms with Gasteiger partial charge in [-0.15, -0.1) is 0 Å². The lowest BCUT2D eigenvalue weighted by Gasteiger charge is -2.17. The van der Waals surface area contributed by atoms with Crippen LogP contribution in [0.3, 0.4) is 0 Å². The van der Waals surface area contributed by atoms with E-state index < -0.39 is 0 Å². The highest BCUT2D eigenvalue weighted by Gasteiger charge is 2.14. The lowest BCUT2D eigenvalue weighted by atomic mass is 10.0. The summed E-state index contributed by atoms with van der Waals surface area (Å²) >= 11 is 0. The smallest absolute Gasteiger partial charge is 0.306 e. The van der Waals surface area contributed by atoms with Gasteiger partial charge in [0.25, 0.3) is 0 Å². The van der Waals surface area contributed by atoms with Crippen molar-refractivity contribution in [2.75, 3.05) is 7.11 Å². The van der Waals surface area contributed by atoms with Crippen molar-refractivity contribution in [3.05, 3.63) is 0 Å². The van der Waals surface area contributed by atoms with Crippen molar-refractivity contribution in [3.63, 3.8) is 0 Å². The minimum atomic E-state index is -0.202. The van der Waals surface area contributed by atoms with Crippen molar-refractivity contribution in [1.29, 1.82) is 0 Å². The SMILES string of the molecule is CCCCCC(CCCC(=O)OC)OC(=O)CCC. The van der Waals surface area contributed by atoms with Crippen LogP contribution >= 0.6 is 0 Å². The van der Waals surface area contributed by atoms with E-state index in [9.17, 15) is 9.59 Å². The monoisotopic (exact) mass is 272 g/mol. The normalized spacial score (nSPS) is 11.9. The molecule has 112 valence electrons. The van der Waals surface area contributed by atoms with Gasteiger partial charge in [0.15, 0.2) is 0 Å². The Morgan fingerprint density at radius 3 is 2.16 bits per heavy atom. The molecule has 19 heavy (non-hydrogen) atoms. The van der Waals surface area contributed by atoms with E-state index in [0.29, 0.717) is 19.3 Å². The fourth-order valence-electron chi connectivity index (χ4n) is 1.91. The van der Waals surface area contributed by atoms with Gasteiger partial charge in [0, 0.05) is 12.8 Å². The standard InChI is InChI=1S/C15H28O4/c1-4-6-7-10-13(19-15(17)9-5-2)11-8-12-14(16)18-3/h13H,4-12H2,1-3H3. The maximum Gasteiger partial charge on any atom is 0.306 e. The molecule has 0 aliphatic carbocycles. The third-order valence-electron chi connectivity index (χ3n) is 3.02. The van der Waals surface area contributed by atoms with Gasteiger partial charge in [0.05, 0.1) is 7.11 Å². The molecule has 0 N–H and O–H groups in total. The molecule has 0 aromatic heterocycles. The highest BCUT2D eigenvalue weighted by atomic mass is 16.5. The van der Waals surface area contributed by atoms with Crippen LogP contribution in [0.1, 0.15) is 71.6 Å². The van der Waals surface area contributed by atoms with Crippen LogP contribution in [-0.4, -0.2) is 25.2 Å². The second kappa shape index (κ2) is 12.0. The maximum absolute atomic E-state index is 11.5.